The zero-order valence-corrected chi connectivity index (χ0v) is 19.8. The van der Waals surface area contributed by atoms with Gasteiger partial charge in [0, 0.05) is 18.3 Å². The molecule has 7 nitrogen and oxygen atoms in total. The van der Waals surface area contributed by atoms with Gasteiger partial charge in [-0.05, 0) is 62.7 Å². The maximum absolute atomic E-state index is 4.62. The summed E-state index contributed by atoms with van der Waals surface area (Å²) in [6.07, 6.45) is 19.4. The number of nitrogens with one attached hydrogen (secondary N) is 6. The van der Waals surface area contributed by atoms with Crippen LogP contribution in [0.3, 0.4) is 0 Å². The van der Waals surface area contributed by atoms with Gasteiger partial charge in [0.15, 0.2) is 6.29 Å². The average Bonchev–Trinajstić information content (AvgIpc) is 2.77. The fourth-order valence-electron chi connectivity index (χ4n) is 6.05. The molecule has 4 rings (SSSR count). The zero-order chi connectivity index (χ0) is 21.5. The molecule has 6 N–H and O–H groups in total. The van der Waals surface area contributed by atoms with E-state index in [2.05, 4.69) is 57.2 Å². The zero-order valence-electron chi connectivity index (χ0n) is 19.8. The molecular weight excluding hydrogens is 386 g/mol. The van der Waals surface area contributed by atoms with Gasteiger partial charge in [-0.25, -0.2) is 0 Å². The van der Waals surface area contributed by atoms with Crippen molar-refractivity contribution in [3.05, 3.63) is 0 Å². The minimum absolute atomic E-state index is 0.0579. The summed E-state index contributed by atoms with van der Waals surface area (Å²) in [5.74, 6) is 2.20. The first-order chi connectivity index (χ1) is 15.2. The lowest BCUT2D eigenvalue weighted by Gasteiger charge is -2.43. The summed E-state index contributed by atoms with van der Waals surface area (Å²) in [4.78, 5) is 0. The van der Waals surface area contributed by atoms with Gasteiger partial charge in [-0.15, -0.1) is 0 Å². The second-order valence-electron chi connectivity index (χ2n) is 10.8. The minimum atomic E-state index is -0.0579. The molecule has 0 aromatic rings. The highest BCUT2D eigenvalue weighted by atomic mass is 15.6. The van der Waals surface area contributed by atoms with Crippen LogP contribution in [0.4, 0.5) is 0 Å². The second kappa shape index (κ2) is 11.9. The van der Waals surface area contributed by atoms with Crippen molar-refractivity contribution in [2.45, 2.75) is 128 Å². The SMILES string of the molecule is CC1CCC(NC2NC(N/N=C/C3CCCCC3)NC(NC3CCCCC3)N2)C(C)C1. The van der Waals surface area contributed by atoms with Crippen LogP contribution in [0.15, 0.2) is 5.10 Å². The summed E-state index contributed by atoms with van der Waals surface area (Å²) in [5, 5.41) is 23.3. The highest BCUT2D eigenvalue weighted by molar-refractivity contribution is 5.60. The average molecular weight is 434 g/mol. The third-order valence-electron chi connectivity index (χ3n) is 7.96. The van der Waals surface area contributed by atoms with Crippen molar-refractivity contribution >= 4 is 6.21 Å². The van der Waals surface area contributed by atoms with E-state index < -0.39 is 0 Å². The van der Waals surface area contributed by atoms with Crippen molar-refractivity contribution in [2.24, 2.45) is 22.9 Å². The normalized spacial score (nSPS) is 39.0. The summed E-state index contributed by atoms with van der Waals surface area (Å²) >= 11 is 0. The predicted molar refractivity (Wildman–Crippen MR) is 128 cm³/mol. The highest BCUT2D eigenvalue weighted by Gasteiger charge is 2.32. The Morgan fingerprint density at radius 3 is 2.06 bits per heavy atom. The quantitative estimate of drug-likeness (QED) is 0.273. The van der Waals surface area contributed by atoms with E-state index in [1.807, 2.05) is 0 Å². The molecule has 6 atom stereocenters. The third-order valence-corrected chi connectivity index (χ3v) is 7.96. The molecule has 0 aromatic heterocycles. The van der Waals surface area contributed by atoms with Crippen LogP contribution in [-0.4, -0.2) is 37.2 Å². The molecule has 0 amide bonds. The minimum Gasteiger partial charge on any atom is -0.287 e. The van der Waals surface area contributed by atoms with Crippen LogP contribution in [-0.2, 0) is 0 Å². The number of hydrogen-bond acceptors (Lipinski definition) is 7. The maximum Gasteiger partial charge on any atom is 0.152 e. The van der Waals surface area contributed by atoms with E-state index in [4.69, 9.17) is 0 Å². The summed E-state index contributed by atoms with van der Waals surface area (Å²) in [5.41, 5.74) is 3.35. The van der Waals surface area contributed by atoms with Gasteiger partial charge in [0.05, 0.1) is 0 Å². The van der Waals surface area contributed by atoms with Crippen molar-refractivity contribution in [2.75, 3.05) is 0 Å². The predicted octanol–water partition coefficient (Wildman–Crippen LogP) is 3.11. The summed E-state index contributed by atoms with van der Waals surface area (Å²) in [6, 6.07) is 1.15. The molecule has 0 radical (unpaired) electrons. The Morgan fingerprint density at radius 1 is 0.710 bits per heavy atom. The molecule has 1 saturated heterocycles. The molecule has 1 aliphatic heterocycles. The molecule has 178 valence electrons. The lowest BCUT2D eigenvalue weighted by Crippen LogP contribution is -2.78. The third kappa shape index (κ3) is 7.39. The van der Waals surface area contributed by atoms with Gasteiger partial charge in [0.25, 0.3) is 0 Å². The van der Waals surface area contributed by atoms with Crippen LogP contribution in [0.2, 0.25) is 0 Å². The molecule has 3 saturated carbocycles. The number of hydrogen-bond donors (Lipinski definition) is 6. The standard InChI is InChI=1S/C24H47N7/c1-17-13-14-21(18(2)15-17)27-23-28-22(26-20-11-7-4-8-12-20)29-24(30-23)31-25-16-19-9-5-3-6-10-19/h16-24,26-31H,3-15H2,1-2H3/b25-16+. The van der Waals surface area contributed by atoms with Crippen LogP contribution in [0.5, 0.6) is 0 Å². The molecule has 31 heavy (non-hydrogen) atoms. The van der Waals surface area contributed by atoms with E-state index >= 15 is 0 Å². The Morgan fingerprint density at radius 2 is 1.35 bits per heavy atom. The first-order valence-corrected chi connectivity index (χ1v) is 13.2. The molecule has 0 spiro atoms. The monoisotopic (exact) mass is 433 g/mol. The first-order valence-electron chi connectivity index (χ1n) is 13.2. The van der Waals surface area contributed by atoms with Crippen molar-refractivity contribution in [3.63, 3.8) is 0 Å². The van der Waals surface area contributed by atoms with E-state index in [1.54, 1.807) is 0 Å². The Bertz CT molecular complexity index is 544. The van der Waals surface area contributed by atoms with Gasteiger partial charge in [0.1, 0.15) is 12.6 Å². The van der Waals surface area contributed by atoms with Crippen molar-refractivity contribution in [1.82, 2.24) is 32.0 Å². The number of nitrogens with zero attached hydrogens (tertiary/aromatic N) is 1. The molecule has 0 aromatic carbocycles. The molecular formula is C24H47N7. The fourth-order valence-corrected chi connectivity index (χ4v) is 6.05. The largest absolute Gasteiger partial charge is 0.287 e. The van der Waals surface area contributed by atoms with E-state index in [0.29, 0.717) is 23.9 Å². The molecule has 4 aliphatic rings. The van der Waals surface area contributed by atoms with Gasteiger partial charge in [-0.3, -0.25) is 32.0 Å². The summed E-state index contributed by atoms with van der Waals surface area (Å²) in [7, 11) is 0. The Kier molecular flexibility index (Phi) is 9.02. The topological polar surface area (TPSA) is 84.5 Å². The Hall–Kier alpha value is -0.730. The van der Waals surface area contributed by atoms with E-state index in [9.17, 15) is 0 Å². The van der Waals surface area contributed by atoms with Crippen molar-refractivity contribution in [3.8, 4) is 0 Å². The number of hydrazone groups is 1. The van der Waals surface area contributed by atoms with Crippen LogP contribution in [0.1, 0.15) is 97.3 Å². The molecule has 4 fully saturated rings. The van der Waals surface area contributed by atoms with Crippen molar-refractivity contribution in [1.29, 1.82) is 0 Å². The smallest absolute Gasteiger partial charge is 0.152 e. The molecule has 3 aliphatic carbocycles. The lowest BCUT2D eigenvalue weighted by atomic mass is 9.80. The summed E-state index contributed by atoms with van der Waals surface area (Å²) in [6.45, 7) is 4.79. The van der Waals surface area contributed by atoms with Gasteiger partial charge in [0.2, 0.25) is 0 Å². The van der Waals surface area contributed by atoms with Gasteiger partial charge < -0.3 is 0 Å². The number of rotatable bonds is 7. The fraction of sp³-hybridized carbons (Fsp3) is 0.958. The molecule has 0 bridgehead atoms. The molecule has 7 heteroatoms. The van der Waals surface area contributed by atoms with Gasteiger partial charge in [-0.1, -0.05) is 52.4 Å². The van der Waals surface area contributed by atoms with E-state index in [1.165, 1.54) is 83.5 Å². The van der Waals surface area contributed by atoms with E-state index in [0.717, 1.165) is 5.92 Å². The Balaban J connectivity index is 1.32. The maximum atomic E-state index is 4.62. The van der Waals surface area contributed by atoms with Crippen LogP contribution < -0.4 is 32.0 Å². The first kappa shape index (κ1) is 23.4. The van der Waals surface area contributed by atoms with Crippen LogP contribution >= 0.6 is 0 Å². The van der Waals surface area contributed by atoms with Crippen molar-refractivity contribution < 1.29 is 0 Å². The summed E-state index contributed by atoms with van der Waals surface area (Å²) < 4.78 is 0. The Labute approximate surface area is 189 Å². The molecule has 6 unspecified atom stereocenters. The van der Waals surface area contributed by atoms with Crippen LogP contribution in [0, 0.1) is 17.8 Å². The second-order valence-corrected chi connectivity index (χ2v) is 10.8. The van der Waals surface area contributed by atoms with Crippen LogP contribution in [0.25, 0.3) is 0 Å². The molecule has 1 heterocycles. The van der Waals surface area contributed by atoms with Gasteiger partial charge in [-0.2, -0.15) is 5.10 Å². The highest BCUT2D eigenvalue weighted by Crippen LogP contribution is 2.28. The lowest BCUT2D eigenvalue weighted by molar-refractivity contribution is 0.0965. The van der Waals surface area contributed by atoms with E-state index in [-0.39, 0.29) is 18.9 Å². The van der Waals surface area contributed by atoms with Gasteiger partial charge >= 0.3 is 0 Å².